The van der Waals surface area contributed by atoms with Crippen molar-refractivity contribution in [3.05, 3.63) is 12.2 Å². The van der Waals surface area contributed by atoms with Crippen LogP contribution in [0, 0.1) is 0 Å². The number of ether oxygens (including phenoxy) is 3. The molecule has 62 heavy (non-hydrogen) atoms. The summed E-state index contributed by atoms with van der Waals surface area (Å²) in [4.78, 5) is 38.0. The zero-order valence-electron chi connectivity index (χ0n) is 41.9. The number of hydrogen-bond donors (Lipinski definition) is 0. The molecule has 0 saturated heterocycles. The largest absolute Gasteiger partial charge is 0.462 e. The molecule has 0 radical (unpaired) electrons. The molecule has 1 atom stereocenters. The second-order valence-electron chi connectivity index (χ2n) is 18.9. The molecule has 0 saturated carbocycles. The van der Waals surface area contributed by atoms with Crippen LogP contribution in [0.15, 0.2) is 12.2 Å². The van der Waals surface area contributed by atoms with E-state index in [1.165, 1.54) is 205 Å². The van der Waals surface area contributed by atoms with Gasteiger partial charge in [-0.15, -0.1) is 0 Å². The molecule has 0 aromatic rings. The molecule has 0 N–H and O–H groups in total. The minimum Gasteiger partial charge on any atom is -0.462 e. The summed E-state index contributed by atoms with van der Waals surface area (Å²) in [5, 5.41) is 0. The predicted octanol–water partition coefficient (Wildman–Crippen LogP) is 18.2. The minimum absolute atomic E-state index is 0.0676. The molecule has 0 aliphatic rings. The highest BCUT2D eigenvalue weighted by Crippen LogP contribution is 2.17. The molecular weight excluding hydrogens is 769 g/mol. The van der Waals surface area contributed by atoms with E-state index in [1.807, 2.05) is 0 Å². The lowest BCUT2D eigenvalue weighted by Gasteiger charge is -2.18. The maximum absolute atomic E-state index is 12.8. The fourth-order valence-corrected chi connectivity index (χ4v) is 8.32. The molecule has 6 heteroatoms. The summed E-state index contributed by atoms with van der Waals surface area (Å²) in [6.45, 7) is 6.67. The molecular formula is C56H106O6. The van der Waals surface area contributed by atoms with Crippen LogP contribution < -0.4 is 0 Å². The van der Waals surface area contributed by atoms with Crippen molar-refractivity contribution >= 4 is 17.9 Å². The smallest absolute Gasteiger partial charge is 0.306 e. The highest BCUT2D eigenvalue weighted by atomic mass is 16.6. The summed E-state index contributed by atoms with van der Waals surface area (Å²) < 4.78 is 16.8. The van der Waals surface area contributed by atoms with Crippen LogP contribution in [0.3, 0.4) is 0 Å². The molecule has 0 spiro atoms. The van der Waals surface area contributed by atoms with Crippen LogP contribution in [0.4, 0.5) is 0 Å². The van der Waals surface area contributed by atoms with Gasteiger partial charge in [0.05, 0.1) is 0 Å². The van der Waals surface area contributed by atoms with E-state index in [0.29, 0.717) is 19.3 Å². The van der Waals surface area contributed by atoms with Crippen molar-refractivity contribution in [3.8, 4) is 0 Å². The first kappa shape index (κ1) is 60.2. The Morgan fingerprint density at radius 3 is 0.806 bits per heavy atom. The first-order chi connectivity index (χ1) is 30.5. The summed E-state index contributed by atoms with van der Waals surface area (Å²) in [7, 11) is 0. The topological polar surface area (TPSA) is 78.9 Å². The van der Waals surface area contributed by atoms with Crippen LogP contribution in [0.25, 0.3) is 0 Å². The van der Waals surface area contributed by atoms with E-state index >= 15 is 0 Å². The first-order valence-corrected chi connectivity index (χ1v) is 27.7. The van der Waals surface area contributed by atoms with Gasteiger partial charge < -0.3 is 14.2 Å². The van der Waals surface area contributed by atoms with Crippen molar-refractivity contribution in [2.24, 2.45) is 0 Å². The Morgan fingerprint density at radius 1 is 0.306 bits per heavy atom. The molecule has 0 amide bonds. The van der Waals surface area contributed by atoms with Gasteiger partial charge in [0.1, 0.15) is 13.2 Å². The van der Waals surface area contributed by atoms with E-state index in [1.54, 1.807) is 0 Å². The summed E-state index contributed by atoms with van der Waals surface area (Å²) in [5.41, 5.74) is 0. The van der Waals surface area contributed by atoms with Gasteiger partial charge in [-0.2, -0.15) is 0 Å². The fraction of sp³-hybridized carbons (Fsp3) is 0.911. The Labute approximate surface area is 386 Å². The lowest BCUT2D eigenvalue weighted by atomic mass is 10.0. The van der Waals surface area contributed by atoms with E-state index in [2.05, 4.69) is 32.9 Å². The Bertz CT molecular complexity index is 962. The van der Waals surface area contributed by atoms with Crippen molar-refractivity contribution < 1.29 is 28.6 Å². The standard InChI is InChI=1S/C56H106O6/c1-4-7-10-13-16-19-22-25-27-29-31-34-37-40-43-46-49-55(58)61-52-53(51-60-54(57)48-45-42-39-36-33-30-24-21-18-15-12-9-6-3)62-56(59)50-47-44-41-38-35-32-28-26-23-20-17-14-11-8-5-2/h26,28,53H,4-25,27,29-52H2,1-3H3/b28-26-. The third kappa shape index (κ3) is 49.2. The summed E-state index contributed by atoms with van der Waals surface area (Å²) in [6.07, 6.45) is 57.6. The van der Waals surface area contributed by atoms with Gasteiger partial charge in [-0.1, -0.05) is 258 Å². The van der Waals surface area contributed by atoms with Crippen molar-refractivity contribution in [1.29, 1.82) is 0 Å². The fourth-order valence-electron chi connectivity index (χ4n) is 8.32. The van der Waals surface area contributed by atoms with Crippen LogP contribution in [0.5, 0.6) is 0 Å². The van der Waals surface area contributed by atoms with Gasteiger partial charge in [-0.3, -0.25) is 14.4 Å². The zero-order chi connectivity index (χ0) is 45.1. The van der Waals surface area contributed by atoms with Gasteiger partial charge >= 0.3 is 17.9 Å². The van der Waals surface area contributed by atoms with Crippen molar-refractivity contribution in [2.75, 3.05) is 13.2 Å². The van der Waals surface area contributed by atoms with Crippen molar-refractivity contribution in [1.82, 2.24) is 0 Å². The molecule has 0 aromatic carbocycles. The Hall–Kier alpha value is -1.85. The molecule has 0 bridgehead atoms. The van der Waals surface area contributed by atoms with E-state index in [9.17, 15) is 14.4 Å². The number of carbonyl (C=O) groups excluding carboxylic acids is 3. The SMILES string of the molecule is CCCCCCCC/C=C\CCCCCCCC(=O)OC(COC(=O)CCCCCCCCCCCCCCC)COC(=O)CCCCCCCCCCCCCCCCCC. The molecule has 0 aliphatic carbocycles. The quantitative estimate of drug-likeness (QED) is 0.0262. The molecule has 366 valence electrons. The van der Waals surface area contributed by atoms with E-state index in [0.717, 1.165) is 64.2 Å². The van der Waals surface area contributed by atoms with E-state index < -0.39 is 6.10 Å². The van der Waals surface area contributed by atoms with E-state index in [4.69, 9.17) is 14.2 Å². The van der Waals surface area contributed by atoms with Crippen LogP contribution in [-0.2, 0) is 28.6 Å². The molecule has 6 nitrogen and oxygen atoms in total. The third-order valence-corrected chi connectivity index (χ3v) is 12.5. The van der Waals surface area contributed by atoms with Gasteiger partial charge in [-0.25, -0.2) is 0 Å². The van der Waals surface area contributed by atoms with Crippen molar-refractivity contribution in [2.45, 2.75) is 316 Å². The van der Waals surface area contributed by atoms with Crippen LogP contribution in [-0.4, -0.2) is 37.2 Å². The third-order valence-electron chi connectivity index (χ3n) is 12.5. The zero-order valence-corrected chi connectivity index (χ0v) is 41.9. The molecule has 1 unspecified atom stereocenters. The number of carbonyl (C=O) groups is 3. The highest BCUT2D eigenvalue weighted by molar-refractivity contribution is 5.71. The lowest BCUT2D eigenvalue weighted by molar-refractivity contribution is -0.167. The van der Waals surface area contributed by atoms with Crippen molar-refractivity contribution in [3.63, 3.8) is 0 Å². The average molecular weight is 875 g/mol. The maximum Gasteiger partial charge on any atom is 0.306 e. The second kappa shape index (κ2) is 51.8. The van der Waals surface area contributed by atoms with Gasteiger partial charge in [0.15, 0.2) is 6.10 Å². The highest BCUT2D eigenvalue weighted by Gasteiger charge is 2.19. The van der Waals surface area contributed by atoms with Gasteiger partial charge in [0.25, 0.3) is 0 Å². The Balaban J connectivity index is 4.32. The van der Waals surface area contributed by atoms with Crippen LogP contribution in [0.2, 0.25) is 0 Å². The molecule has 0 aromatic heterocycles. The summed E-state index contributed by atoms with van der Waals surface area (Å²) >= 11 is 0. The maximum atomic E-state index is 12.8. The molecule has 0 heterocycles. The number of esters is 3. The average Bonchev–Trinajstić information content (AvgIpc) is 3.27. The number of allylic oxidation sites excluding steroid dienone is 2. The Morgan fingerprint density at radius 2 is 0.532 bits per heavy atom. The molecule has 0 aliphatic heterocycles. The molecule has 0 fully saturated rings. The van der Waals surface area contributed by atoms with E-state index in [-0.39, 0.29) is 31.1 Å². The van der Waals surface area contributed by atoms with Crippen LogP contribution in [0.1, 0.15) is 310 Å². The number of hydrogen-bond acceptors (Lipinski definition) is 6. The van der Waals surface area contributed by atoms with Gasteiger partial charge in [-0.05, 0) is 44.9 Å². The Kier molecular flexibility index (Phi) is 50.2. The number of unbranched alkanes of at least 4 members (excludes halogenated alkanes) is 38. The predicted molar refractivity (Wildman–Crippen MR) is 266 cm³/mol. The lowest BCUT2D eigenvalue weighted by Crippen LogP contribution is -2.30. The minimum atomic E-state index is -0.768. The monoisotopic (exact) mass is 875 g/mol. The number of rotatable bonds is 51. The first-order valence-electron chi connectivity index (χ1n) is 27.7. The van der Waals surface area contributed by atoms with Gasteiger partial charge in [0.2, 0.25) is 0 Å². The second-order valence-corrected chi connectivity index (χ2v) is 18.9. The molecule has 0 rings (SSSR count). The summed E-state index contributed by atoms with van der Waals surface area (Å²) in [5.74, 6) is -0.855. The normalized spacial score (nSPS) is 12.0. The van der Waals surface area contributed by atoms with Crippen LogP contribution >= 0.6 is 0 Å². The summed E-state index contributed by atoms with van der Waals surface area (Å²) in [6, 6.07) is 0. The van der Waals surface area contributed by atoms with Gasteiger partial charge in [0, 0.05) is 19.3 Å².